The average Bonchev–Trinajstić information content (AvgIpc) is 2.93. The lowest BCUT2D eigenvalue weighted by atomic mass is 9.83. The lowest BCUT2D eigenvalue weighted by Gasteiger charge is -2.23. The molecule has 0 heterocycles. The van der Waals surface area contributed by atoms with Gasteiger partial charge in [-0.2, -0.15) is 0 Å². The van der Waals surface area contributed by atoms with Gasteiger partial charge in [-0.15, -0.1) is 0 Å². The van der Waals surface area contributed by atoms with Crippen LogP contribution in [-0.2, 0) is 0 Å². The zero-order valence-corrected chi connectivity index (χ0v) is 10.1. The third-order valence-electron chi connectivity index (χ3n) is 7.99. The summed E-state index contributed by atoms with van der Waals surface area (Å²) >= 11 is 0. The molecule has 0 aliphatic heterocycles. The van der Waals surface area contributed by atoms with Crippen LogP contribution in [0.2, 0.25) is 0 Å². The maximum absolute atomic E-state index is 10.5. The van der Waals surface area contributed by atoms with Crippen LogP contribution in [-0.4, -0.2) is 11.2 Å². The van der Waals surface area contributed by atoms with E-state index in [1.165, 1.54) is 12.8 Å². The lowest BCUT2D eigenvalue weighted by molar-refractivity contribution is 0.0976. The van der Waals surface area contributed by atoms with Crippen molar-refractivity contribution in [2.24, 2.45) is 59.2 Å². The Labute approximate surface area is 102 Å². The van der Waals surface area contributed by atoms with Crippen molar-refractivity contribution < 1.29 is 5.11 Å². The molecule has 0 amide bonds. The Morgan fingerprint density at radius 2 is 1.53 bits per heavy atom. The molecule has 6 aliphatic carbocycles. The number of rotatable bonds is 0. The SMILES string of the molecule is O[C@@H]1C[C@@H]2[C@@H]3CC[C@@H]4[C@@H]5C=C[C@@H]6[C@@H]5[C@H]([C@@H]43)[C@H]2[C@H]61. The number of aliphatic hydroxyl groups excluding tert-OH is 1. The summed E-state index contributed by atoms with van der Waals surface area (Å²) < 4.78 is 0. The summed E-state index contributed by atoms with van der Waals surface area (Å²) in [6, 6.07) is 0. The molecule has 0 spiro atoms. The molecule has 5 saturated carbocycles. The number of aliphatic hydroxyl groups is 1. The van der Waals surface area contributed by atoms with Crippen LogP contribution in [0.25, 0.3) is 0 Å². The summed E-state index contributed by atoms with van der Waals surface area (Å²) in [7, 11) is 0. The van der Waals surface area contributed by atoms with Gasteiger partial charge >= 0.3 is 0 Å². The van der Waals surface area contributed by atoms with Crippen LogP contribution in [0.4, 0.5) is 0 Å². The number of hydrogen-bond donors (Lipinski definition) is 1. The van der Waals surface area contributed by atoms with Gasteiger partial charge in [0.05, 0.1) is 6.10 Å². The van der Waals surface area contributed by atoms with Crippen LogP contribution >= 0.6 is 0 Å². The molecule has 0 bridgehead atoms. The summed E-state index contributed by atoms with van der Waals surface area (Å²) in [5.74, 6) is 9.41. The average molecular weight is 228 g/mol. The van der Waals surface area contributed by atoms with Gasteiger partial charge in [-0.3, -0.25) is 0 Å². The molecular weight excluding hydrogens is 208 g/mol. The van der Waals surface area contributed by atoms with Crippen molar-refractivity contribution in [1.82, 2.24) is 0 Å². The van der Waals surface area contributed by atoms with Gasteiger partial charge in [-0.25, -0.2) is 0 Å². The highest BCUT2D eigenvalue weighted by atomic mass is 16.3. The molecule has 1 nitrogen and oxygen atoms in total. The zero-order valence-electron chi connectivity index (χ0n) is 10.1. The van der Waals surface area contributed by atoms with Gasteiger partial charge in [-0.1, -0.05) is 12.2 Å². The van der Waals surface area contributed by atoms with Crippen LogP contribution in [0.15, 0.2) is 12.2 Å². The highest BCUT2D eigenvalue weighted by Gasteiger charge is 2.75. The Balaban J connectivity index is 1.63. The maximum Gasteiger partial charge on any atom is 0.0579 e. The minimum Gasteiger partial charge on any atom is -0.393 e. The third kappa shape index (κ3) is 0.683. The van der Waals surface area contributed by atoms with E-state index in [0.29, 0.717) is 5.92 Å². The molecule has 0 unspecified atom stereocenters. The first-order valence-electron chi connectivity index (χ1n) is 7.72. The van der Waals surface area contributed by atoms with E-state index in [1.54, 1.807) is 0 Å². The second-order valence-corrected chi connectivity index (χ2v) is 7.80. The molecule has 0 saturated heterocycles. The van der Waals surface area contributed by atoms with Crippen molar-refractivity contribution in [3.05, 3.63) is 12.2 Å². The van der Waals surface area contributed by atoms with E-state index in [-0.39, 0.29) is 6.10 Å². The van der Waals surface area contributed by atoms with Crippen LogP contribution in [0.1, 0.15) is 19.3 Å². The van der Waals surface area contributed by atoms with E-state index in [0.717, 1.165) is 59.7 Å². The minimum atomic E-state index is 0.0454. The van der Waals surface area contributed by atoms with Gasteiger partial charge in [0.15, 0.2) is 0 Å². The predicted octanol–water partition coefficient (Wildman–Crippen LogP) is 2.32. The monoisotopic (exact) mass is 228 g/mol. The highest BCUT2D eigenvalue weighted by molar-refractivity contribution is 5.29. The molecule has 0 aromatic carbocycles. The number of fused-ring (bicyclic) bond motifs is 3. The second kappa shape index (κ2) is 2.39. The van der Waals surface area contributed by atoms with Crippen molar-refractivity contribution >= 4 is 0 Å². The molecule has 17 heavy (non-hydrogen) atoms. The summed E-state index contributed by atoms with van der Waals surface area (Å²) in [6.45, 7) is 0. The molecule has 1 N–H and O–H groups in total. The summed E-state index contributed by atoms with van der Waals surface area (Å²) in [6.07, 6.45) is 9.29. The largest absolute Gasteiger partial charge is 0.393 e. The van der Waals surface area contributed by atoms with E-state index in [9.17, 15) is 5.11 Å². The van der Waals surface area contributed by atoms with E-state index in [1.807, 2.05) is 0 Å². The first kappa shape index (κ1) is 8.74. The predicted molar refractivity (Wildman–Crippen MR) is 63.9 cm³/mol. The Morgan fingerprint density at radius 1 is 0.706 bits per heavy atom. The lowest BCUT2D eigenvalue weighted by Crippen LogP contribution is -2.24. The van der Waals surface area contributed by atoms with Crippen molar-refractivity contribution in [3.8, 4) is 0 Å². The second-order valence-electron chi connectivity index (χ2n) is 7.80. The molecule has 1 heteroatoms. The molecule has 5 fully saturated rings. The van der Waals surface area contributed by atoms with E-state index >= 15 is 0 Å². The van der Waals surface area contributed by atoms with Gasteiger partial charge in [-0.05, 0) is 78.4 Å². The van der Waals surface area contributed by atoms with Crippen molar-refractivity contribution in [1.29, 1.82) is 0 Å². The summed E-state index contributed by atoms with van der Waals surface area (Å²) in [5, 5.41) is 10.5. The van der Waals surface area contributed by atoms with Crippen molar-refractivity contribution in [2.75, 3.05) is 0 Å². The molecule has 0 aromatic rings. The minimum absolute atomic E-state index is 0.0454. The third-order valence-corrected chi connectivity index (χ3v) is 7.99. The number of hydrogen-bond acceptors (Lipinski definition) is 1. The van der Waals surface area contributed by atoms with Crippen molar-refractivity contribution in [2.45, 2.75) is 25.4 Å². The molecule has 11 atom stereocenters. The molecule has 0 radical (unpaired) electrons. The fraction of sp³-hybridized carbons (Fsp3) is 0.875. The molecule has 6 aliphatic rings. The smallest absolute Gasteiger partial charge is 0.0579 e. The Hall–Kier alpha value is -0.300. The van der Waals surface area contributed by atoms with E-state index in [4.69, 9.17) is 0 Å². The summed E-state index contributed by atoms with van der Waals surface area (Å²) in [5.41, 5.74) is 0. The van der Waals surface area contributed by atoms with Gasteiger partial charge in [0.25, 0.3) is 0 Å². The topological polar surface area (TPSA) is 20.2 Å². The fourth-order valence-corrected chi connectivity index (χ4v) is 8.12. The quantitative estimate of drug-likeness (QED) is 0.631. The standard InChI is InChI=1S/C16H20O/c17-11-5-10-8-2-1-6-7-3-4-9-13(7)16(12(6)8)15(10)14(9)11/h3-4,6-17H,1-2,5H2/t6-,7+,8+,9-,10-,11-,12+,13-,14-,15-,16+/m1/s1. The van der Waals surface area contributed by atoms with Crippen molar-refractivity contribution in [3.63, 3.8) is 0 Å². The Kier molecular flexibility index (Phi) is 1.23. The van der Waals surface area contributed by atoms with Gasteiger partial charge < -0.3 is 5.11 Å². The Morgan fingerprint density at radius 3 is 2.47 bits per heavy atom. The van der Waals surface area contributed by atoms with Gasteiger partial charge in [0.1, 0.15) is 0 Å². The first-order chi connectivity index (χ1) is 8.36. The normalized spacial score (nSPS) is 76.2. The number of allylic oxidation sites excluding steroid dienone is 2. The summed E-state index contributed by atoms with van der Waals surface area (Å²) in [4.78, 5) is 0. The zero-order chi connectivity index (χ0) is 10.9. The molecule has 90 valence electrons. The van der Waals surface area contributed by atoms with Crippen LogP contribution in [0.3, 0.4) is 0 Å². The van der Waals surface area contributed by atoms with E-state index < -0.39 is 0 Å². The molecule has 6 rings (SSSR count). The van der Waals surface area contributed by atoms with Crippen LogP contribution in [0, 0.1) is 59.2 Å². The fourth-order valence-electron chi connectivity index (χ4n) is 8.12. The van der Waals surface area contributed by atoms with Crippen LogP contribution in [0.5, 0.6) is 0 Å². The molecular formula is C16H20O. The molecule has 0 aromatic heterocycles. The van der Waals surface area contributed by atoms with E-state index in [2.05, 4.69) is 12.2 Å². The highest BCUT2D eigenvalue weighted by Crippen LogP contribution is 2.78. The maximum atomic E-state index is 10.5. The van der Waals surface area contributed by atoms with Crippen LogP contribution < -0.4 is 0 Å². The Bertz CT molecular complexity index is 441. The van der Waals surface area contributed by atoms with Gasteiger partial charge in [0.2, 0.25) is 0 Å². The van der Waals surface area contributed by atoms with Gasteiger partial charge in [0, 0.05) is 0 Å². The first-order valence-corrected chi connectivity index (χ1v) is 7.72.